The maximum atomic E-state index is 12.1. The van der Waals surface area contributed by atoms with Crippen molar-refractivity contribution >= 4 is 16.9 Å². The molecule has 0 unspecified atom stereocenters. The van der Waals surface area contributed by atoms with Crippen LogP contribution in [-0.4, -0.2) is 17.7 Å². The van der Waals surface area contributed by atoms with Gasteiger partial charge in [0.1, 0.15) is 17.9 Å². The lowest BCUT2D eigenvalue weighted by Gasteiger charge is -2.08. The van der Waals surface area contributed by atoms with Gasteiger partial charge in [0.25, 0.3) is 0 Å². The van der Waals surface area contributed by atoms with Gasteiger partial charge in [-0.15, -0.1) is 0 Å². The van der Waals surface area contributed by atoms with E-state index in [4.69, 9.17) is 13.9 Å². The summed E-state index contributed by atoms with van der Waals surface area (Å²) in [5.41, 5.74) is 1.80. The molecule has 2 rings (SSSR count). The molecule has 1 aromatic carbocycles. The first-order chi connectivity index (χ1) is 12.8. The number of benzene rings is 1. The average molecular weight is 372 g/mol. The van der Waals surface area contributed by atoms with E-state index in [1.54, 1.807) is 0 Å². The summed E-state index contributed by atoms with van der Waals surface area (Å²) >= 11 is 0. The van der Waals surface area contributed by atoms with Gasteiger partial charge in [-0.2, -0.15) is 0 Å². The van der Waals surface area contributed by atoms with Crippen molar-refractivity contribution in [2.45, 2.75) is 40.5 Å². The van der Waals surface area contributed by atoms with Gasteiger partial charge in [-0.1, -0.05) is 17.2 Å². The SMILES string of the molecule is CC(=O)Oc1ccc2oc(=O)c(OC/C=C(\C)CCC=C(C)C)c(O)c2c1. The number of hydrogen-bond donors (Lipinski definition) is 1. The average Bonchev–Trinajstić information content (AvgIpc) is 2.57. The fraction of sp³-hybridized carbons (Fsp3) is 0.333. The fourth-order valence-corrected chi connectivity index (χ4v) is 2.46. The minimum absolute atomic E-state index is 0.133. The minimum atomic E-state index is -0.768. The van der Waals surface area contributed by atoms with E-state index in [2.05, 4.69) is 19.9 Å². The Morgan fingerprint density at radius 1 is 1.19 bits per heavy atom. The predicted octanol–water partition coefficient (Wildman–Crippen LogP) is 4.50. The quantitative estimate of drug-likeness (QED) is 0.333. The third kappa shape index (κ3) is 5.74. The van der Waals surface area contributed by atoms with Gasteiger partial charge in [-0.3, -0.25) is 4.79 Å². The van der Waals surface area contributed by atoms with Gasteiger partial charge in [-0.05, 0) is 57.9 Å². The van der Waals surface area contributed by atoms with E-state index in [-0.39, 0.29) is 34.8 Å². The number of hydrogen-bond acceptors (Lipinski definition) is 6. The first kappa shape index (κ1) is 20.3. The Hall–Kier alpha value is -3.02. The lowest BCUT2D eigenvalue weighted by Crippen LogP contribution is -2.08. The van der Waals surface area contributed by atoms with Gasteiger partial charge in [-0.25, -0.2) is 4.79 Å². The topological polar surface area (TPSA) is 86.0 Å². The lowest BCUT2D eigenvalue weighted by atomic mass is 10.1. The molecule has 6 nitrogen and oxygen atoms in total. The zero-order valence-corrected chi connectivity index (χ0v) is 16.0. The standard InChI is InChI=1S/C21H24O6/c1-13(2)6-5-7-14(3)10-11-25-20-19(23)17-12-16(26-15(4)22)8-9-18(17)27-21(20)24/h6,8-10,12,23H,5,7,11H2,1-4H3/b14-10+. The minimum Gasteiger partial charge on any atom is -0.504 e. The van der Waals surface area contributed by atoms with Crippen LogP contribution in [0.2, 0.25) is 0 Å². The lowest BCUT2D eigenvalue weighted by molar-refractivity contribution is -0.131. The molecule has 0 radical (unpaired) electrons. The Bertz CT molecular complexity index is 945. The summed E-state index contributed by atoms with van der Waals surface area (Å²) < 4.78 is 15.6. The number of carbonyl (C=O) groups excluding carboxylic acids is 1. The van der Waals surface area contributed by atoms with Crippen LogP contribution in [0.1, 0.15) is 40.5 Å². The second-order valence-electron chi connectivity index (χ2n) is 6.50. The number of ether oxygens (including phenoxy) is 2. The molecule has 0 aliphatic carbocycles. The molecule has 0 aliphatic heterocycles. The third-order valence-electron chi connectivity index (χ3n) is 3.82. The van der Waals surface area contributed by atoms with Crippen LogP contribution >= 0.6 is 0 Å². The van der Waals surface area contributed by atoms with Gasteiger partial charge in [0.05, 0.1) is 5.39 Å². The number of carbonyl (C=O) groups is 1. The van der Waals surface area contributed by atoms with Crippen molar-refractivity contribution in [2.24, 2.45) is 0 Å². The molecule has 0 fully saturated rings. The van der Waals surface area contributed by atoms with Crippen LogP contribution in [0.15, 0.2) is 50.7 Å². The zero-order chi connectivity index (χ0) is 20.0. The van der Waals surface area contributed by atoms with Gasteiger partial charge >= 0.3 is 11.6 Å². The molecule has 27 heavy (non-hydrogen) atoms. The Kier molecular flexibility index (Phi) is 6.82. The summed E-state index contributed by atoms with van der Waals surface area (Å²) in [7, 11) is 0. The predicted molar refractivity (Wildman–Crippen MR) is 103 cm³/mol. The van der Waals surface area contributed by atoms with Crippen LogP contribution in [0.3, 0.4) is 0 Å². The van der Waals surface area contributed by atoms with E-state index in [0.29, 0.717) is 0 Å². The summed E-state index contributed by atoms with van der Waals surface area (Å²) in [6.07, 6.45) is 5.84. The molecular weight excluding hydrogens is 348 g/mol. The first-order valence-electron chi connectivity index (χ1n) is 8.68. The van der Waals surface area contributed by atoms with Crippen LogP contribution in [0.5, 0.6) is 17.2 Å². The summed E-state index contributed by atoms with van der Waals surface area (Å²) in [6, 6.07) is 4.35. The largest absolute Gasteiger partial charge is 0.504 e. The Morgan fingerprint density at radius 3 is 2.59 bits per heavy atom. The molecule has 0 saturated carbocycles. The van der Waals surface area contributed by atoms with Crippen molar-refractivity contribution in [3.05, 3.63) is 51.9 Å². The first-order valence-corrected chi connectivity index (χ1v) is 8.68. The van der Waals surface area contributed by atoms with Crippen molar-refractivity contribution in [1.82, 2.24) is 0 Å². The van der Waals surface area contributed by atoms with Crippen LogP contribution in [0, 0.1) is 0 Å². The zero-order valence-electron chi connectivity index (χ0n) is 16.0. The highest BCUT2D eigenvalue weighted by Gasteiger charge is 2.16. The normalized spacial score (nSPS) is 11.3. The van der Waals surface area contributed by atoms with E-state index < -0.39 is 11.6 Å². The Balaban J connectivity index is 2.18. The van der Waals surface area contributed by atoms with Gasteiger partial charge in [0.15, 0.2) is 5.75 Å². The van der Waals surface area contributed by atoms with Crippen molar-refractivity contribution in [3.63, 3.8) is 0 Å². The summed E-state index contributed by atoms with van der Waals surface area (Å²) in [4.78, 5) is 23.2. The molecule has 2 aromatic rings. The molecule has 0 aliphatic rings. The van der Waals surface area contributed by atoms with Crippen molar-refractivity contribution in [1.29, 1.82) is 0 Å². The molecule has 1 heterocycles. The molecule has 144 valence electrons. The highest BCUT2D eigenvalue weighted by molar-refractivity contribution is 5.87. The molecule has 0 bridgehead atoms. The fourth-order valence-electron chi connectivity index (χ4n) is 2.46. The molecule has 0 saturated heterocycles. The molecular formula is C21H24O6. The van der Waals surface area contributed by atoms with E-state index >= 15 is 0 Å². The van der Waals surface area contributed by atoms with Crippen LogP contribution in [0.25, 0.3) is 11.0 Å². The van der Waals surface area contributed by atoms with E-state index in [1.807, 2.05) is 13.0 Å². The number of allylic oxidation sites excluding steroid dienone is 3. The van der Waals surface area contributed by atoms with E-state index in [1.165, 1.54) is 30.7 Å². The molecule has 0 atom stereocenters. The molecule has 1 N–H and O–H groups in total. The van der Waals surface area contributed by atoms with Crippen LogP contribution < -0.4 is 15.1 Å². The van der Waals surface area contributed by atoms with Crippen molar-refractivity contribution in [3.8, 4) is 17.2 Å². The second-order valence-corrected chi connectivity index (χ2v) is 6.50. The molecule has 1 aromatic heterocycles. The number of fused-ring (bicyclic) bond motifs is 1. The smallest absolute Gasteiger partial charge is 0.383 e. The van der Waals surface area contributed by atoms with E-state index in [9.17, 15) is 14.7 Å². The van der Waals surface area contributed by atoms with E-state index in [0.717, 1.165) is 18.4 Å². The third-order valence-corrected chi connectivity index (χ3v) is 3.82. The summed E-state index contributed by atoms with van der Waals surface area (Å²) in [5, 5.41) is 10.6. The molecule has 6 heteroatoms. The number of aromatic hydroxyl groups is 1. The van der Waals surface area contributed by atoms with Gasteiger partial charge in [0.2, 0.25) is 5.75 Å². The maximum Gasteiger partial charge on any atom is 0.383 e. The maximum absolute atomic E-state index is 12.1. The molecule has 0 spiro atoms. The van der Waals surface area contributed by atoms with Crippen molar-refractivity contribution < 1.29 is 23.8 Å². The number of esters is 1. The van der Waals surface area contributed by atoms with Crippen molar-refractivity contribution in [2.75, 3.05) is 6.61 Å². The summed E-state index contributed by atoms with van der Waals surface area (Å²) in [6.45, 7) is 7.49. The van der Waals surface area contributed by atoms with Gasteiger partial charge in [0, 0.05) is 6.92 Å². The van der Waals surface area contributed by atoms with Crippen LogP contribution in [-0.2, 0) is 4.79 Å². The Morgan fingerprint density at radius 2 is 1.93 bits per heavy atom. The highest BCUT2D eigenvalue weighted by Crippen LogP contribution is 2.33. The number of rotatable bonds is 7. The highest BCUT2D eigenvalue weighted by atomic mass is 16.5. The summed E-state index contributed by atoms with van der Waals surface area (Å²) in [5.74, 6) is -0.863. The van der Waals surface area contributed by atoms with Gasteiger partial charge < -0.3 is 19.0 Å². The monoisotopic (exact) mass is 372 g/mol. The molecule has 0 amide bonds. The Labute approximate surface area is 157 Å². The second kappa shape index (κ2) is 9.07. The van der Waals surface area contributed by atoms with Crippen LogP contribution in [0.4, 0.5) is 0 Å².